The number of pyridine rings is 1. The van der Waals surface area contributed by atoms with E-state index in [1.165, 1.54) is 6.33 Å². The maximum atomic E-state index is 12.9. The first kappa shape index (κ1) is 18.0. The van der Waals surface area contributed by atoms with Gasteiger partial charge in [-0.15, -0.1) is 0 Å². The summed E-state index contributed by atoms with van der Waals surface area (Å²) in [5.41, 5.74) is 3.24. The van der Waals surface area contributed by atoms with Gasteiger partial charge in [0.25, 0.3) is 5.56 Å². The molecule has 5 rings (SSSR count). The Morgan fingerprint density at radius 3 is 2.47 bits per heavy atom. The lowest BCUT2D eigenvalue weighted by Crippen LogP contribution is -2.32. The Morgan fingerprint density at radius 1 is 0.967 bits per heavy atom. The third-order valence-electron chi connectivity index (χ3n) is 5.44. The molecule has 0 bridgehead atoms. The van der Waals surface area contributed by atoms with Crippen LogP contribution in [0.4, 0.5) is 11.6 Å². The molecule has 1 unspecified atom stereocenters. The molecule has 150 valence electrons. The van der Waals surface area contributed by atoms with Gasteiger partial charge in [-0.3, -0.25) is 14.8 Å². The summed E-state index contributed by atoms with van der Waals surface area (Å²) in [5, 5.41) is 3.97. The van der Waals surface area contributed by atoms with Crippen molar-refractivity contribution in [3.05, 3.63) is 79.5 Å². The van der Waals surface area contributed by atoms with E-state index in [1.807, 2.05) is 38.1 Å². The number of benzene rings is 1. The number of methoxy groups -OCH3 is 1. The van der Waals surface area contributed by atoms with Crippen LogP contribution >= 0.6 is 0 Å². The fraction of sp³-hybridized carbons (Fsp3) is 0.190. The molecular formula is C21H18N6O3. The molecule has 1 atom stereocenters. The second-order valence-electron chi connectivity index (χ2n) is 7.17. The summed E-state index contributed by atoms with van der Waals surface area (Å²) >= 11 is 0. The van der Waals surface area contributed by atoms with Crippen LogP contribution in [-0.4, -0.2) is 32.0 Å². The molecule has 1 aliphatic heterocycles. The average Bonchev–Trinajstić information content (AvgIpc) is 2.72. The Kier molecular flexibility index (Phi) is 3.92. The number of aromatic nitrogens is 5. The van der Waals surface area contributed by atoms with Gasteiger partial charge in [0.1, 0.15) is 23.7 Å². The van der Waals surface area contributed by atoms with Gasteiger partial charge >= 0.3 is 5.69 Å². The summed E-state index contributed by atoms with van der Waals surface area (Å²) in [6.07, 6.45) is 1.51. The van der Waals surface area contributed by atoms with E-state index < -0.39 is 17.2 Å². The monoisotopic (exact) mass is 402 g/mol. The molecule has 4 heterocycles. The molecule has 1 aliphatic rings. The van der Waals surface area contributed by atoms with Gasteiger partial charge in [-0.1, -0.05) is 12.1 Å². The van der Waals surface area contributed by atoms with Crippen molar-refractivity contribution in [2.45, 2.75) is 19.8 Å². The summed E-state index contributed by atoms with van der Waals surface area (Å²) in [5.74, 6) is 1.09. The number of rotatable bonds is 2. The lowest BCUT2D eigenvalue weighted by Gasteiger charge is -2.29. The minimum Gasteiger partial charge on any atom is -0.497 e. The van der Waals surface area contributed by atoms with Gasteiger partial charge in [0.05, 0.1) is 29.6 Å². The Labute approximate surface area is 170 Å². The molecule has 3 N–H and O–H groups in total. The second-order valence-corrected chi connectivity index (χ2v) is 7.17. The number of aryl methyl sites for hydroxylation is 2. The highest BCUT2D eigenvalue weighted by Crippen LogP contribution is 2.45. The van der Waals surface area contributed by atoms with Crippen molar-refractivity contribution in [1.29, 1.82) is 0 Å². The molecule has 0 fully saturated rings. The molecule has 9 heteroatoms. The third-order valence-corrected chi connectivity index (χ3v) is 5.44. The molecule has 9 nitrogen and oxygen atoms in total. The SMILES string of the molecule is COc1ccc(C2c3c([nH]c(=O)[nH]c3=O)Nc3nc(C)c4c(C)ncnc4c32)cc1. The van der Waals surface area contributed by atoms with Crippen molar-refractivity contribution in [2.75, 3.05) is 12.4 Å². The highest BCUT2D eigenvalue weighted by molar-refractivity contribution is 5.92. The van der Waals surface area contributed by atoms with Crippen LogP contribution in [0.15, 0.2) is 40.2 Å². The van der Waals surface area contributed by atoms with E-state index in [0.29, 0.717) is 22.9 Å². The van der Waals surface area contributed by atoms with Crippen LogP contribution in [0.1, 0.15) is 34.0 Å². The van der Waals surface area contributed by atoms with E-state index in [-0.39, 0.29) is 0 Å². The van der Waals surface area contributed by atoms with Gasteiger partial charge in [-0.25, -0.2) is 19.7 Å². The average molecular weight is 402 g/mol. The number of hydrogen-bond donors (Lipinski definition) is 3. The van der Waals surface area contributed by atoms with Gasteiger partial charge in [0.15, 0.2) is 0 Å². The summed E-state index contributed by atoms with van der Waals surface area (Å²) in [7, 11) is 1.60. The number of nitrogens with zero attached hydrogens (tertiary/aromatic N) is 3. The minimum atomic E-state index is -0.584. The molecule has 0 saturated carbocycles. The number of anilines is 2. The largest absolute Gasteiger partial charge is 0.497 e. The third kappa shape index (κ3) is 2.59. The van der Waals surface area contributed by atoms with E-state index in [1.54, 1.807) is 7.11 Å². The van der Waals surface area contributed by atoms with Crippen molar-refractivity contribution in [3.63, 3.8) is 0 Å². The highest BCUT2D eigenvalue weighted by atomic mass is 16.5. The predicted molar refractivity (Wildman–Crippen MR) is 112 cm³/mol. The van der Waals surface area contributed by atoms with Crippen LogP contribution in [0.3, 0.4) is 0 Å². The predicted octanol–water partition coefficient (Wildman–Crippen LogP) is 2.26. The van der Waals surface area contributed by atoms with Gasteiger partial charge < -0.3 is 10.1 Å². The van der Waals surface area contributed by atoms with Gasteiger partial charge in [-0.05, 0) is 31.5 Å². The van der Waals surface area contributed by atoms with Crippen LogP contribution in [0.25, 0.3) is 10.9 Å². The Hall–Kier alpha value is -4.01. The summed E-state index contributed by atoms with van der Waals surface area (Å²) in [6, 6.07) is 7.46. The molecule has 1 aromatic carbocycles. The molecule has 0 radical (unpaired) electrons. The molecule has 0 spiro atoms. The fourth-order valence-electron chi connectivity index (χ4n) is 4.14. The molecule has 3 aromatic heterocycles. The maximum Gasteiger partial charge on any atom is 0.327 e. The van der Waals surface area contributed by atoms with Crippen LogP contribution < -0.4 is 21.3 Å². The first-order valence-electron chi connectivity index (χ1n) is 9.37. The number of fused-ring (bicyclic) bond motifs is 4. The van der Waals surface area contributed by atoms with Crippen molar-refractivity contribution in [1.82, 2.24) is 24.9 Å². The maximum absolute atomic E-state index is 12.9. The Morgan fingerprint density at radius 2 is 1.73 bits per heavy atom. The molecule has 30 heavy (non-hydrogen) atoms. The smallest absolute Gasteiger partial charge is 0.327 e. The van der Waals surface area contributed by atoms with E-state index >= 15 is 0 Å². The van der Waals surface area contributed by atoms with Crippen molar-refractivity contribution in [2.24, 2.45) is 0 Å². The van der Waals surface area contributed by atoms with Gasteiger partial charge in [0, 0.05) is 16.9 Å². The zero-order valence-electron chi connectivity index (χ0n) is 16.5. The van der Waals surface area contributed by atoms with Crippen LogP contribution in [-0.2, 0) is 0 Å². The quantitative estimate of drug-likeness (QED) is 0.413. The Bertz CT molecular complexity index is 1420. The standard InChI is InChI=1S/C21H18N6O3/c1-9-13-10(2)24-18-15(17(13)23-8-22-9)14(11-4-6-12(30-3)7-5-11)16-19(25-18)26-21(29)27-20(16)28/h4-8,14H,1-3H3,(H3,24,25,26,27,28,29). The number of H-pyrrole nitrogens is 2. The number of nitrogens with one attached hydrogen (secondary N) is 3. The minimum absolute atomic E-state index is 0.328. The first-order valence-corrected chi connectivity index (χ1v) is 9.37. The molecule has 0 saturated heterocycles. The topological polar surface area (TPSA) is 126 Å². The molecule has 0 aliphatic carbocycles. The van der Waals surface area contributed by atoms with E-state index in [4.69, 9.17) is 9.72 Å². The normalized spacial score (nSPS) is 14.7. The highest BCUT2D eigenvalue weighted by Gasteiger charge is 2.34. The van der Waals surface area contributed by atoms with Crippen LogP contribution in [0.2, 0.25) is 0 Å². The molecule has 4 aromatic rings. The summed E-state index contributed by atoms with van der Waals surface area (Å²) in [4.78, 5) is 43.4. The lowest BCUT2D eigenvalue weighted by atomic mass is 9.82. The first-order chi connectivity index (χ1) is 14.5. The Balaban J connectivity index is 1.90. The van der Waals surface area contributed by atoms with Crippen molar-refractivity contribution >= 4 is 22.5 Å². The van der Waals surface area contributed by atoms with Crippen molar-refractivity contribution < 1.29 is 4.74 Å². The zero-order valence-corrected chi connectivity index (χ0v) is 16.5. The lowest BCUT2D eigenvalue weighted by molar-refractivity contribution is 0.414. The van der Waals surface area contributed by atoms with Crippen molar-refractivity contribution in [3.8, 4) is 5.75 Å². The zero-order chi connectivity index (χ0) is 21.0. The van der Waals surface area contributed by atoms with Gasteiger partial charge in [-0.2, -0.15) is 0 Å². The summed E-state index contributed by atoms with van der Waals surface area (Å²) < 4.78 is 5.28. The fourth-order valence-corrected chi connectivity index (χ4v) is 4.14. The molecule has 0 amide bonds. The van der Waals surface area contributed by atoms with E-state index in [2.05, 4.69) is 25.3 Å². The van der Waals surface area contributed by atoms with Crippen LogP contribution in [0.5, 0.6) is 5.75 Å². The second kappa shape index (κ2) is 6.51. The van der Waals surface area contributed by atoms with E-state index in [0.717, 1.165) is 33.4 Å². The molecular weight excluding hydrogens is 384 g/mol. The van der Waals surface area contributed by atoms with Crippen LogP contribution in [0, 0.1) is 13.8 Å². The van der Waals surface area contributed by atoms with E-state index in [9.17, 15) is 9.59 Å². The van der Waals surface area contributed by atoms with Gasteiger partial charge in [0.2, 0.25) is 0 Å². The number of aromatic amines is 2. The summed E-state index contributed by atoms with van der Waals surface area (Å²) in [6.45, 7) is 3.79. The number of ether oxygens (including phenoxy) is 1. The number of hydrogen-bond acceptors (Lipinski definition) is 7.